The highest BCUT2D eigenvalue weighted by Gasteiger charge is 2.37. The number of amides is 1. The molecular weight excluding hydrogens is 326 g/mol. The third-order valence-corrected chi connectivity index (χ3v) is 3.66. The number of hydrogen-bond donors (Lipinski definition) is 1. The van der Waals surface area contributed by atoms with Crippen molar-refractivity contribution in [3.8, 4) is 0 Å². The third-order valence-electron chi connectivity index (χ3n) is 3.66. The Morgan fingerprint density at radius 1 is 1.32 bits per heavy atom. The van der Waals surface area contributed by atoms with Gasteiger partial charge in [0.15, 0.2) is 0 Å². The SMILES string of the molecule is CC(C)(C)OC(=O)N1CCN(c2cccc(N=C=O)c2)CC1C(=O)O. The van der Waals surface area contributed by atoms with Gasteiger partial charge in [-0.25, -0.2) is 14.4 Å². The molecule has 1 unspecified atom stereocenters. The molecule has 8 nitrogen and oxygen atoms in total. The minimum absolute atomic E-state index is 0.114. The fourth-order valence-corrected chi connectivity index (χ4v) is 2.58. The first kappa shape index (κ1) is 18.5. The second kappa shape index (κ2) is 7.36. The molecule has 1 aliphatic heterocycles. The van der Waals surface area contributed by atoms with Crippen molar-refractivity contribution in [3.05, 3.63) is 24.3 Å². The fourth-order valence-electron chi connectivity index (χ4n) is 2.58. The number of rotatable bonds is 3. The number of piperazine rings is 1. The Morgan fingerprint density at radius 2 is 2.04 bits per heavy atom. The molecule has 1 saturated heterocycles. The van der Waals surface area contributed by atoms with Gasteiger partial charge in [-0.2, -0.15) is 4.99 Å². The van der Waals surface area contributed by atoms with Crippen LogP contribution in [0.5, 0.6) is 0 Å². The molecule has 0 aromatic heterocycles. The summed E-state index contributed by atoms with van der Waals surface area (Å²) in [5, 5.41) is 9.51. The predicted molar refractivity (Wildman–Crippen MR) is 90.8 cm³/mol. The maximum atomic E-state index is 12.3. The standard InChI is InChI=1S/C17H21N3O5/c1-17(2,3)25-16(24)20-8-7-19(10-14(20)15(22)23)13-6-4-5-12(9-13)18-11-21/h4-6,9,14H,7-8,10H2,1-3H3,(H,22,23). The molecule has 1 atom stereocenters. The molecule has 0 radical (unpaired) electrons. The number of aliphatic imine (C=N–C) groups is 1. The molecule has 2 rings (SSSR count). The zero-order valence-corrected chi connectivity index (χ0v) is 14.4. The average molecular weight is 347 g/mol. The normalized spacial score (nSPS) is 17.6. The maximum absolute atomic E-state index is 12.3. The van der Waals surface area contributed by atoms with Crippen molar-refractivity contribution in [2.75, 3.05) is 24.5 Å². The van der Waals surface area contributed by atoms with Crippen molar-refractivity contribution in [1.29, 1.82) is 0 Å². The lowest BCUT2D eigenvalue weighted by Gasteiger charge is -2.40. The van der Waals surface area contributed by atoms with Gasteiger partial charge in [0, 0.05) is 25.3 Å². The van der Waals surface area contributed by atoms with Crippen LogP contribution in [0.3, 0.4) is 0 Å². The van der Waals surface area contributed by atoms with E-state index < -0.39 is 23.7 Å². The number of benzene rings is 1. The number of carboxylic acid groups (broad SMARTS) is 1. The summed E-state index contributed by atoms with van der Waals surface area (Å²) in [6, 6.07) is 5.82. The van der Waals surface area contributed by atoms with E-state index in [1.165, 1.54) is 11.0 Å². The number of aliphatic carboxylic acids is 1. The van der Waals surface area contributed by atoms with Gasteiger partial charge in [0.2, 0.25) is 6.08 Å². The smallest absolute Gasteiger partial charge is 0.411 e. The Morgan fingerprint density at radius 3 is 2.64 bits per heavy atom. The first-order valence-electron chi connectivity index (χ1n) is 7.86. The molecule has 0 aliphatic carbocycles. The van der Waals surface area contributed by atoms with E-state index in [2.05, 4.69) is 4.99 Å². The predicted octanol–water partition coefficient (Wildman–Crippen LogP) is 2.16. The Bertz CT molecular complexity index is 706. The van der Waals surface area contributed by atoms with Crippen molar-refractivity contribution in [2.24, 2.45) is 4.99 Å². The van der Waals surface area contributed by atoms with E-state index in [0.717, 1.165) is 5.69 Å². The van der Waals surface area contributed by atoms with Crippen molar-refractivity contribution < 1.29 is 24.2 Å². The molecule has 0 saturated carbocycles. The van der Waals surface area contributed by atoms with Gasteiger partial charge in [-0.3, -0.25) is 4.90 Å². The highest BCUT2D eigenvalue weighted by atomic mass is 16.6. The third kappa shape index (κ3) is 4.81. The lowest BCUT2D eigenvalue weighted by molar-refractivity contribution is -0.143. The number of ether oxygens (including phenoxy) is 1. The average Bonchev–Trinajstić information content (AvgIpc) is 2.53. The van der Waals surface area contributed by atoms with Crippen molar-refractivity contribution >= 4 is 29.5 Å². The Kier molecular flexibility index (Phi) is 5.44. The number of carbonyl (C=O) groups is 2. The van der Waals surface area contributed by atoms with Gasteiger partial charge in [0.1, 0.15) is 11.6 Å². The molecule has 1 fully saturated rings. The Labute approximate surface area is 145 Å². The number of carbonyl (C=O) groups excluding carboxylic acids is 2. The second-order valence-corrected chi connectivity index (χ2v) is 6.70. The van der Waals surface area contributed by atoms with Crippen LogP contribution in [0.1, 0.15) is 20.8 Å². The summed E-state index contributed by atoms with van der Waals surface area (Å²) in [4.78, 5) is 40.9. The van der Waals surface area contributed by atoms with Crippen LogP contribution in [0.4, 0.5) is 16.2 Å². The topological polar surface area (TPSA) is 99.5 Å². The minimum atomic E-state index is -1.10. The molecule has 1 aromatic rings. The summed E-state index contributed by atoms with van der Waals surface area (Å²) >= 11 is 0. The fraction of sp³-hybridized carbons (Fsp3) is 0.471. The number of nitrogens with zero attached hydrogens (tertiary/aromatic N) is 3. The van der Waals surface area contributed by atoms with Gasteiger partial charge >= 0.3 is 12.1 Å². The molecule has 1 heterocycles. The maximum Gasteiger partial charge on any atom is 0.411 e. The van der Waals surface area contributed by atoms with Crippen LogP contribution in [0.2, 0.25) is 0 Å². The van der Waals surface area contributed by atoms with Gasteiger partial charge < -0.3 is 14.7 Å². The zero-order valence-electron chi connectivity index (χ0n) is 14.4. The monoisotopic (exact) mass is 347 g/mol. The van der Waals surface area contributed by atoms with Crippen LogP contribution >= 0.6 is 0 Å². The molecule has 0 bridgehead atoms. The Hall–Kier alpha value is -2.86. The molecule has 8 heteroatoms. The molecule has 1 N–H and O–H groups in total. The van der Waals surface area contributed by atoms with Crippen LogP contribution < -0.4 is 4.90 Å². The van der Waals surface area contributed by atoms with Crippen LogP contribution in [-0.2, 0) is 14.3 Å². The van der Waals surface area contributed by atoms with Crippen molar-refractivity contribution in [3.63, 3.8) is 0 Å². The van der Waals surface area contributed by atoms with Crippen LogP contribution in [0.15, 0.2) is 29.3 Å². The highest BCUT2D eigenvalue weighted by molar-refractivity contribution is 5.81. The van der Waals surface area contributed by atoms with Gasteiger partial charge in [0.05, 0.1) is 5.69 Å². The molecule has 0 spiro atoms. The zero-order chi connectivity index (χ0) is 18.6. The van der Waals surface area contributed by atoms with Gasteiger partial charge in [-0.15, -0.1) is 0 Å². The van der Waals surface area contributed by atoms with Crippen molar-refractivity contribution in [1.82, 2.24) is 4.90 Å². The van der Waals surface area contributed by atoms with Gasteiger partial charge in [-0.05, 0) is 39.0 Å². The largest absolute Gasteiger partial charge is 0.480 e. The van der Waals surface area contributed by atoms with E-state index in [0.29, 0.717) is 12.2 Å². The van der Waals surface area contributed by atoms with Crippen molar-refractivity contribution in [2.45, 2.75) is 32.4 Å². The van der Waals surface area contributed by atoms with Crippen LogP contribution in [0, 0.1) is 0 Å². The van der Waals surface area contributed by atoms with Crippen LogP contribution in [-0.4, -0.2) is 59.4 Å². The molecule has 1 aliphatic rings. The number of isocyanates is 1. The number of carboxylic acids is 1. The molecular formula is C17H21N3O5. The van der Waals surface area contributed by atoms with E-state index in [4.69, 9.17) is 4.74 Å². The van der Waals surface area contributed by atoms with E-state index in [-0.39, 0.29) is 13.1 Å². The summed E-state index contributed by atoms with van der Waals surface area (Å²) in [5.41, 5.74) is 0.471. The summed E-state index contributed by atoms with van der Waals surface area (Å²) in [5.74, 6) is -1.10. The number of anilines is 1. The molecule has 25 heavy (non-hydrogen) atoms. The minimum Gasteiger partial charge on any atom is -0.480 e. The Balaban J connectivity index is 2.18. The lowest BCUT2D eigenvalue weighted by atomic mass is 10.1. The van der Waals surface area contributed by atoms with Gasteiger partial charge in [-0.1, -0.05) is 6.07 Å². The van der Waals surface area contributed by atoms with E-state index >= 15 is 0 Å². The summed E-state index contributed by atoms with van der Waals surface area (Å²) in [6.07, 6.45) is 0.838. The molecule has 1 aromatic carbocycles. The van der Waals surface area contributed by atoms with E-state index in [9.17, 15) is 19.5 Å². The van der Waals surface area contributed by atoms with Crippen LogP contribution in [0.25, 0.3) is 0 Å². The summed E-state index contributed by atoms with van der Waals surface area (Å²) in [7, 11) is 0. The second-order valence-electron chi connectivity index (χ2n) is 6.70. The first-order valence-corrected chi connectivity index (χ1v) is 7.86. The number of hydrogen-bond acceptors (Lipinski definition) is 6. The summed E-state index contributed by atoms with van der Waals surface area (Å²) < 4.78 is 5.30. The van der Waals surface area contributed by atoms with E-state index in [1.807, 2.05) is 4.90 Å². The van der Waals surface area contributed by atoms with E-state index in [1.54, 1.807) is 45.0 Å². The highest BCUT2D eigenvalue weighted by Crippen LogP contribution is 2.25. The molecule has 1 amide bonds. The lowest BCUT2D eigenvalue weighted by Crippen LogP contribution is -2.59. The summed E-state index contributed by atoms with van der Waals surface area (Å²) in [6.45, 7) is 5.97. The first-order chi connectivity index (χ1) is 11.7. The van der Waals surface area contributed by atoms with Gasteiger partial charge in [0.25, 0.3) is 0 Å². The quantitative estimate of drug-likeness (QED) is 0.664. The molecule has 134 valence electrons.